The molecule has 0 aliphatic carbocycles. The molecule has 0 bridgehead atoms. The van der Waals surface area contributed by atoms with Crippen LogP contribution in [0.4, 0.5) is 0 Å². The molecule has 0 spiro atoms. The number of benzene rings is 3. The van der Waals surface area contributed by atoms with Gasteiger partial charge in [-0.05, 0) is 44.4 Å². The SMILES string of the molecule is CC(C)=C[C@@H]1OC(C)(C)O[C@@H]1C(=O)COC(c1ccccc1)(c1ccccc1)c1ccccc1. The molecule has 1 fully saturated rings. The average Bonchev–Trinajstić information content (AvgIpc) is 3.14. The zero-order valence-electron chi connectivity index (χ0n) is 20.2. The summed E-state index contributed by atoms with van der Waals surface area (Å²) in [6.45, 7) is 7.50. The maximum atomic E-state index is 13.5. The summed E-state index contributed by atoms with van der Waals surface area (Å²) in [6.07, 6.45) is 0.761. The van der Waals surface area contributed by atoms with Crippen LogP contribution < -0.4 is 0 Å². The molecule has 0 aromatic heterocycles. The van der Waals surface area contributed by atoms with E-state index in [4.69, 9.17) is 14.2 Å². The molecular formula is C30H32O4. The van der Waals surface area contributed by atoms with E-state index in [2.05, 4.69) is 0 Å². The fourth-order valence-electron chi connectivity index (χ4n) is 4.52. The van der Waals surface area contributed by atoms with Crippen LogP contribution in [0.1, 0.15) is 44.4 Å². The first-order valence-corrected chi connectivity index (χ1v) is 11.7. The molecule has 2 atom stereocenters. The summed E-state index contributed by atoms with van der Waals surface area (Å²) in [5.74, 6) is -0.994. The van der Waals surface area contributed by atoms with Crippen LogP contribution in [0.15, 0.2) is 103 Å². The van der Waals surface area contributed by atoms with Crippen molar-refractivity contribution in [2.24, 2.45) is 0 Å². The molecule has 0 unspecified atom stereocenters. The van der Waals surface area contributed by atoms with Crippen LogP contribution in [0.25, 0.3) is 0 Å². The molecule has 3 aromatic carbocycles. The lowest BCUT2D eigenvalue weighted by molar-refractivity contribution is -0.157. The van der Waals surface area contributed by atoms with Crippen molar-refractivity contribution < 1.29 is 19.0 Å². The molecule has 3 aromatic rings. The Morgan fingerprint density at radius 1 is 0.824 bits per heavy atom. The Hall–Kier alpha value is -3.05. The van der Waals surface area contributed by atoms with E-state index >= 15 is 0 Å². The summed E-state index contributed by atoms with van der Waals surface area (Å²) in [7, 11) is 0. The molecule has 4 heteroatoms. The second-order valence-electron chi connectivity index (χ2n) is 9.30. The van der Waals surface area contributed by atoms with E-state index in [-0.39, 0.29) is 12.4 Å². The molecule has 1 saturated heterocycles. The molecule has 4 nitrogen and oxygen atoms in total. The van der Waals surface area contributed by atoms with E-state index < -0.39 is 23.6 Å². The molecule has 176 valence electrons. The van der Waals surface area contributed by atoms with Gasteiger partial charge in [-0.25, -0.2) is 0 Å². The quantitative estimate of drug-likeness (QED) is 0.306. The predicted molar refractivity (Wildman–Crippen MR) is 133 cm³/mol. The summed E-state index contributed by atoms with van der Waals surface area (Å²) < 4.78 is 18.7. The van der Waals surface area contributed by atoms with Crippen molar-refractivity contribution in [1.29, 1.82) is 0 Å². The van der Waals surface area contributed by atoms with Crippen LogP contribution in [-0.2, 0) is 24.6 Å². The lowest BCUT2D eigenvalue weighted by Gasteiger charge is -2.36. The number of hydrogen-bond acceptors (Lipinski definition) is 4. The lowest BCUT2D eigenvalue weighted by Crippen LogP contribution is -2.39. The average molecular weight is 457 g/mol. The van der Waals surface area contributed by atoms with Crippen LogP contribution in [0.5, 0.6) is 0 Å². The Morgan fingerprint density at radius 3 is 1.68 bits per heavy atom. The van der Waals surface area contributed by atoms with Crippen molar-refractivity contribution in [3.05, 3.63) is 119 Å². The number of carbonyl (C=O) groups excluding carboxylic acids is 1. The molecule has 0 radical (unpaired) electrons. The first-order chi connectivity index (χ1) is 16.3. The zero-order chi connectivity index (χ0) is 24.2. The molecule has 0 amide bonds. The fourth-order valence-corrected chi connectivity index (χ4v) is 4.52. The summed E-state index contributed by atoms with van der Waals surface area (Å²) in [6, 6.07) is 30.1. The van der Waals surface area contributed by atoms with Gasteiger partial charge < -0.3 is 14.2 Å². The topological polar surface area (TPSA) is 44.8 Å². The number of carbonyl (C=O) groups is 1. The Balaban J connectivity index is 1.74. The van der Waals surface area contributed by atoms with Gasteiger partial charge >= 0.3 is 0 Å². The monoisotopic (exact) mass is 456 g/mol. The summed E-state index contributed by atoms with van der Waals surface area (Å²) >= 11 is 0. The number of ether oxygens (including phenoxy) is 3. The smallest absolute Gasteiger partial charge is 0.190 e. The standard InChI is InChI=1S/C30H32O4/c1-22(2)20-27-28(34-29(3,4)33-27)26(31)21-32-30(23-14-8-5-9-15-23,24-16-10-6-11-17-24)25-18-12-7-13-19-25/h5-20,27-28H,21H2,1-4H3/t27-,28+/m0/s1. The molecular weight excluding hydrogens is 424 g/mol. The van der Waals surface area contributed by atoms with Gasteiger partial charge in [0, 0.05) is 0 Å². The Morgan fingerprint density at radius 2 is 1.26 bits per heavy atom. The number of rotatable bonds is 8. The third kappa shape index (κ3) is 5.05. The first-order valence-electron chi connectivity index (χ1n) is 11.7. The molecule has 1 aliphatic rings. The first kappa shape index (κ1) is 24.1. The number of hydrogen-bond donors (Lipinski definition) is 0. The van der Waals surface area contributed by atoms with Crippen molar-refractivity contribution in [2.75, 3.05) is 6.61 Å². The van der Waals surface area contributed by atoms with Gasteiger partial charge in [0.15, 0.2) is 17.7 Å². The van der Waals surface area contributed by atoms with Crippen molar-refractivity contribution in [2.45, 2.75) is 51.3 Å². The van der Waals surface area contributed by atoms with E-state index in [1.165, 1.54) is 0 Å². The van der Waals surface area contributed by atoms with Gasteiger partial charge in [0.05, 0.1) is 0 Å². The van der Waals surface area contributed by atoms with Crippen LogP contribution in [0, 0.1) is 0 Å². The van der Waals surface area contributed by atoms with Crippen molar-refractivity contribution in [1.82, 2.24) is 0 Å². The highest BCUT2D eigenvalue weighted by atomic mass is 16.8. The molecule has 4 rings (SSSR count). The van der Waals surface area contributed by atoms with E-state index in [9.17, 15) is 4.79 Å². The highest BCUT2D eigenvalue weighted by Gasteiger charge is 2.45. The third-order valence-electron chi connectivity index (χ3n) is 5.92. The third-order valence-corrected chi connectivity index (χ3v) is 5.92. The van der Waals surface area contributed by atoms with Gasteiger partial charge in [-0.3, -0.25) is 4.79 Å². The minimum atomic E-state index is -0.958. The second-order valence-corrected chi connectivity index (χ2v) is 9.30. The Labute approximate surface area is 202 Å². The zero-order valence-corrected chi connectivity index (χ0v) is 20.2. The van der Waals surface area contributed by atoms with Crippen LogP contribution in [-0.4, -0.2) is 30.4 Å². The Bertz CT molecular complexity index is 1020. The highest BCUT2D eigenvalue weighted by Crippen LogP contribution is 2.41. The molecule has 0 N–H and O–H groups in total. The molecule has 34 heavy (non-hydrogen) atoms. The van der Waals surface area contributed by atoms with Gasteiger partial charge in [0.1, 0.15) is 18.3 Å². The van der Waals surface area contributed by atoms with Gasteiger partial charge in [-0.1, -0.05) is 103 Å². The maximum absolute atomic E-state index is 13.5. The maximum Gasteiger partial charge on any atom is 0.190 e. The molecule has 1 aliphatic heterocycles. The highest BCUT2D eigenvalue weighted by molar-refractivity contribution is 5.85. The van der Waals surface area contributed by atoms with E-state index in [1.54, 1.807) is 0 Å². The summed E-state index contributed by atoms with van der Waals surface area (Å²) in [5.41, 5.74) is 2.96. The molecule has 1 heterocycles. The lowest BCUT2D eigenvalue weighted by atomic mass is 9.80. The number of Topliss-reactive ketones (excluding diaryl/α,β-unsaturated/α-hetero) is 1. The van der Waals surface area contributed by atoms with Gasteiger partial charge in [-0.15, -0.1) is 0 Å². The van der Waals surface area contributed by atoms with Crippen LogP contribution in [0.3, 0.4) is 0 Å². The largest absolute Gasteiger partial charge is 0.353 e. The van der Waals surface area contributed by atoms with Crippen molar-refractivity contribution in [3.8, 4) is 0 Å². The Kier molecular flexibility index (Phi) is 7.13. The van der Waals surface area contributed by atoms with E-state index in [0.29, 0.717) is 0 Å². The summed E-state index contributed by atoms with van der Waals surface area (Å²) in [5, 5.41) is 0. The number of ketones is 1. The fraction of sp³-hybridized carbons (Fsp3) is 0.300. The van der Waals surface area contributed by atoms with Gasteiger partial charge in [-0.2, -0.15) is 0 Å². The second kappa shape index (κ2) is 10.1. The van der Waals surface area contributed by atoms with Crippen LogP contribution in [0.2, 0.25) is 0 Å². The predicted octanol–water partition coefficient (Wildman–Crippen LogP) is 6.05. The van der Waals surface area contributed by atoms with Crippen LogP contribution >= 0.6 is 0 Å². The van der Waals surface area contributed by atoms with Gasteiger partial charge in [0.25, 0.3) is 0 Å². The minimum Gasteiger partial charge on any atom is -0.353 e. The van der Waals surface area contributed by atoms with Gasteiger partial charge in [0.2, 0.25) is 0 Å². The normalized spacial score (nSPS) is 19.5. The minimum absolute atomic E-state index is 0.129. The van der Waals surface area contributed by atoms with E-state index in [1.807, 2.05) is 125 Å². The molecule has 0 saturated carbocycles. The van der Waals surface area contributed by atoms with E-state index in [0.717, 1.165) is 22.3 Å². The number of allylic oxidation sites excluding steroid dienone is 1. The van der Waals surface area contributed by atoms with Crippen molar-refractivity contribution in [3.63, 3.8) is 0 Å². The van der Waals surface area contributed by atoms with Crippen molar-refractivity contribution >= 4 is 5.78 Å². The summed E-state index contributed by atoms with van der Waals surface area (Å²) in [4.78, 5) is 13.5.